The van der Waals surface area contributed by atoms with Crippen molar-refractivity contribution in [1.82, 2.24) is 14.8 Å². The second-order valence-electron chi connectivity index (χ2n) is 4.41. The fourth-order valence-corrected chi connectivity index (χ4v) is 3.00. The minimum Gasteiger partial charge on any atom is -0.365 e. The molecule has 0 atom stereocenters. The molecule has 0 radical (unpaired) electrons. The zero-order chi connectivity index (χ0) is 13.1. The maximum atomic E-state index is 12.4. The minimum atomic E-state index is 0.127. The lowest BCUT2D eigenvalue weighted by Crippen LogP contribution is -2.48. The highest BCUT2D eigenvalue weighted by Gasteiger charge is 2.24. The van der Waals surface area contributed by atoms with E-state index in [4.69, 9.17) is 0 Å². The molecule has 0 saturated carbocycles. The van der Waals surface area contributed by atoms with Crippen molar-refractivity contribution in [3.63, 3.8) is 0 Å². The Morgan fingerprint density at radius 3 is 2.56 bits per heavy atom. The quantitative estimate of drug-likeness (QED) is 0.897. The monoisotopic (exact) mass is 268 g/mol. The van der Waals surface area contributed by atoms with Gasteiger partial charge in [0.1, 0.15) is 4.88 Å². The molecule has 1 saturated heterocycles. The van der Waals surface area contributed by atoms with E-state index >= 15 is 0 Å². The summed E-state index contributed by atoms with van der Waals surface area (Å²) in [5, 5.41) is 3.80. The smallest absolute Gasteiger partial charge is 0.266 e. The van der Waals surface area contributed by atoms with Crippen LogP contribution in [0.5, 0.6) is 0 Å². The topological polar surface area (TPSA) is 48.5 Å². The van der Waals surface area contributed by atoms with Gasteiger partial charge in [0.2, 0.25) is 0 Å². The number of amides is 1. The Hall–Kier alpha value is -1.14. The number of hydrogen-bond donors (Lipinski definition) is 1. The van der Waals surface area contributed by atoms with Crippen molar-refractivity contribution in [3.8, 4) is 0 Å². The van der Waals surface area contributed by atoms with Gasteiger partial charge in [-0.2, -0.15) is 0 Å². The second kappa shape index (κ2) is 5.67. The van der Waals surface area contributed by atoms with E-state index in [1.54, 1.807) is 0 Å². The molecule has 1 aliphatic heterocycles. The largest absolute Gasteiger partial charge is 0.365 e. The van der Waals surface area contributed by atoms with Crippen LogP contribution >= 0.6 is 11.3 Å². The lowest BCUT2D eigenvalue weighted by molar-refractivity contribution is 0.0647. The summed E-state index contributed by atoms with van der Waals surface area (Å²) in [5.74, 6) is 0.127. The van der Waals surface area contributed by atoms with Gasteiger partial charge in [-0.1, -0.05) is 18.3 Å². The first-order valence-electron chi connectivity index (χ1n) is 6.32. The predicted octanol–water partition coefficient (Wildman–Crippen LogP) is 1.27. The van der Waals surface area contributed by atoms with Gasteiger partial charge in [-0.15, -0.1) is 0 Å². The van der Waals surface area contributed by atoms with Crippen LogP contribution in [0.25, 0.3) is 0 Å². The van der Waals surface area contributed by atoms with E-state index < -0.39 is 0 Å². The molecule has 0 bridgehead atoms. The van der Waals surface area contributed by atoms with Crippen LogP contribution in [-0.2, 0) is 0 Å². The Morgan fingerprint density at radius 1 is 1.39 bits per heavy atom. The number of likely N-dealkylation sites (N-methyl/N-ethyl adjacent to an activating group) is 1. The molecule has 0 aliphatic carbocycles. The van der Waals surface area contributed by atoms with Gasteiger partial charge in [-0.25, -0.2) is 4.98 Å². The van der Waals surface area contributed by atoms with Crippen molar-refractivity contribution in [2.24, 2.45) is 0 Å². The molecular formula is C12H20N4OS. The third-order valence-electron chi connectivity index (χ3n) is 3.31. The molecule has 1 aliphatic rings. The van der Waals surface area contributed by atoms with Gasteiger partial charge in [0.25, 0.3) is 5.91 Å². The number of nitrogens with one attached hydrogen (secondary N) is 1. The normalized spacial score (nSPS) is 16.9. The summed E-state index contributed by atoms with van der Waals surface area (Å²) in [6, 6.07) is 0. The van der Waals surface area contributed by atoms with Crippen LogP contribution in [0.3, 0.4) is 0 Å². The van der Waals surface area contributed by atoms with Crippen LogP contribution in [-0.4, -0.2) is 60.5 Å². The molecule has 100 valence electrons. The second-order valence-corrected chi connectivity index (χ2v) is 5.41. The number of rotatable bonds is 3. The van der Waals surface area contributed by atoms with Crippen molar-refractivity contribution < 1.29 is 4.79 Å². The third-order valence-corrected chi connectivity index (χ3v) is 4.47. The Labute approximate surface area is 112 Å². The Morgan fingerprint density at radius 2 is 2.06 bits per heavy atom. The molecule has 1 N–H and O–H groups in total. The maximum absolute atomic E-state index is 12.4. The average molecular weight is 268 g/mol. The van der Waals surface area contributed by atoms with E-state index in [9.17, 15) is 4.79 Å². The molecule has 1 aromatic rings. The summed E-state index contributed by atoms with van der Waals surface area (Å²) in [7, 11) is 1.83. The van der Waals surface area contributed by atoms with Crippen molar-refractivity contribution in [3.05, 3.63) is 10.6 Å². The van der Waals surface area contributed by atoms with Crippen molar-refractivity contribution in [2.45, 2.75) is 13.8 Å². The summed E-state index contributed by atoms with van der Waals surface area (Å²) in [6.45, 7) is 8.69. The molecule has 2 rings (SSSR count). The molecule has 0 unspecified atom stereocenters. The van der Waals surface area contributed by atoms with Gasteiger partial charge in [-0.05, 0) is 13.5 Å². The number of anilines is 1. The van der Waals surface area contributed by atoms with Crippen LogP contribution in [0.2, 0.25) is 0 Å². The third kappa shape index (κ3) is 2.64. The first kappa shape index (κ1) is 13.3. The summed E-state index contributed by atoms with van der Waals surface area (Å²) in [5.41, 5.74) is 0.826. The molecule has 5 nitrogen and oxygen atoms in total. The molecule has 1 aromatic heterocycles. The first-order chi connectivity index (χ1) is 8.65. The highest BCUT2D eigenvalue weighted by Crippen LogP contribution is 2.23. The van der Waals surface area contributed by atoms with Gasteiger partial charge >= 0.3 is 0 Å². The molecule has 18 heavy (non-hydrogen) atoms. The Kier molecular flexibility index (Phi) is 4.19. The van der Waals surface area contributed by atoms with Gasteiger partial charge < -0.3 is 15.1 Å². The highest BCUT2D eigenvalue weighted by atomic mass is 32.1. The zero-order valence-electron chi connectivity index (χ0n) is 11.2. The number of carbonyl (C=O) groups excluding carboxylic acids is 1. The Bertz CT molecular complexity index is 424. The first-order valence-corrected chi connectivity index (χ1v) is 7.14. The SMILES string of the molecule is CCN1CCN(C(=O)c2sc(NC)nc2C)CC1. The average Bonchev–Trinajstić information content (AvgIpc) is 2.79. The van der Waals surface area contributed by atoms with E-state index in [0.717, 1.165) is 48.4 Å². The summed E-state index contributed by atoms with van der Waals surface area (Å²) < 4.78 is 0. The molecule has 1 amide bonds. The lowest BCUT2D eigenvalue weighted by Gasteiger charge is -2.33. The van der Waals surface area contributed by atoms with Crippen molar-refractivity contribution in [1.29, 1.82) is 0 Å². The number of piperazine rings is 1. The van der Waals surface area contributed by atoms with E-state index in [0.29, 0.717) is 0 Å². The minimum absolute atomic E-state index is 0.127. The maximum Gasteiger partial charge on any atom is 0.266 e. The zero-order valence-corrected chi connectivity index (χ0v) is 12.0. The number of nitrogens with zero attached hydrogens (tertiary/aromatic N) is 3. The van der Waals surface area contributed by atoms with Crippen molar-refractivity contribution in [2.75, 3.05) is 45.1 Å². The number of carbonyl (C=O) groups is 1. The van der Waals surface area contributed by atoms with Gasteiger partial charge in [0.05, 0.1) is 5.69 Å². The predicted molar refractivity (Wildman–Crippen MR) is 74.4 cm³/mol. The fraction of sp³-hybridized carbons (Fsp3) is 0.667. The standard InChI is InChI=1S/C12H20N4OS/c1-4-15-5-7-16(8-6-15)11(17)10-9(2)14-12(13-3)18-10/h4-8H2,1-3H3,(H,13,14). The highest BCUT2D eigenvalue weighted by molar-refractivity contribution is 7.17. The number of aromatic nitrogens is 1. The van der Waals surface area contributed by atoms with Crippen LogP contribution in [0.1, 0.15) is 22.3 Å². The summed E-state index contributed by atoms with van der Waals surface area (Å²) >= 11 is 1.44. The van der Waals surface area contributed by atoms with E-state index in [-0.39, 0.29) is 5.91 Å². The number of thiazole rings is 1. The van der Waals surface area contributed by atoms with Crippen LogP contribution < -0.4 is 5.32 Å². The molecular weight excluding hydrogens is 248 g/mol. The molecule has 0 aromatic carbocycles. The van der Waals surface area contributed by atoms with Gasteiger partial charge in [0, 0.05) is 33.2 Å². The Balaban J connectivity index is 2.05. The molecule has 6 heteroatoms. The van der Waals surface area contributed by atoms with E-state index in [1.165, 1.54) is 11.3 Å². The van der Waals surface area contributed by atoms with E-state index in [1.807, 2.05) is 18.9 Å². The van der Waals surface area contributed by atoms with Crippen LogP contribution in [0.4, 0.5) is 5.13 Å². The van der Waals surface area contributed by atoms with Crippen LogP contribution in [0.15, 0.2) is 0 Å². The van der Waals surface area contributed by atoms with Gasteiger partial charge in [0.15, 0.2) is 5.13 Å². The molecule has 0 spiro atoms. The van der Waals surface area contributed by atoms with Crippen LogP contribution in [0, 0.1) is 6.92 Å². The fourth-order valence-electron chi connectivity index (χ4n) is 2.11. The summed E-state index contributed by atoms with van der Waals surface area (Å²) in [4.78, 5) is 21.8. The molecule has 1 fully saturated rings. The van der Waals surface area contributed by atoms with E-state index in [2.05, 4.69) is 22.1 Å². The lowest BCUT2D eigenvalue weighted by atomic mass is 10.3. The van der Waals surface area contributed by atoms with Gasteiger partial charge in [-0.3, -0.25) is 4.79 Å². The summed E-state index contributed by atoms with van der Waals surface area (Å²) in [6.07, 6.45) is 0. The number of aryl methyl sites for hydroxylation is 1. The van der Waals surface area contributed by atoms with Crippen molar-refractivity contribution >= 4 is 22.4 Å². The number of hydrogen-bond acceptors (Lipinski definition) is 5. The molecule has 2 heterocycles.